The lowest BCUT2D eigenvalue weighted by molar-refractivity contribution is -0.121. The van der Waals surface area contributed by atoms with Gasteiger partial charge in [0.05, 0.1) is 0 Å². The van der Waals surface area contributed by atoms with Crippen molar-refractivity contribution in [3.63, 3.8) is 0 Å². The number of carbonyl (C=O) groups is 2. The van der Waals surface area contributed by atoms with Gasteiger partial charge < -0.3 is 10.2 Å². The monoisotopic (exact) mass is 370 g/mol. The van der Waals surface area contributed by atoms with E-state index >= 15 is 0 Å². The SMILES string of the molecule is O=C(CCCC1CCCCC1)NCc1cccc(C(=O)N2CCCCC2)c1. The van der Waals surface area contributed by atoms with Gasteiger partial charge in [-0.25, -0.2) is 0 Å². The molecule has 2 aliphatic rings. The average molecular weight is 371 g/mol. The molecule has 27 heavy (non-hydrogen) atoms. The molecule has 1 aliphatic carbocycles. The van der Waals surface area contributed by atoms with Crippen molar-refractivity contribution in [1.29, 1.82) is 0 Å². The van der Waals surface area contributed by atoms with Crippen molar-refractivity contribution < 1.29 is 9.59 Å². The number of hydrogen-bond donors (Lipinski definition) is 1. The van der Waals surface area contributed by atoms with E-state index in [1.54, 1.807) is 0 Å². The van der Waals surface area contributed by atoms with E-state index in [0.29, 0.717) is 13.0 Å². The van der Waals surface area contributed by atoms with E-state index in [1.165, 1.54) is 44.9 Å². The summed E-state index contributed by atoms with van der Waals surface area (Å²) in [6.07, 6.45) is 13.0. The zero-order valence-electron chi connectivity index (χ0n) is 16.5. The minimum absolute atomic E-state index is 0.121. The maximum Gasteiger partial charge on any atom is 0.253 e. The van der Waals surface area contributed by atoms with E-state index in [4.69, 9.17) is 0 Å². The summed E-state index contributed by atoms with van der Waals surface area (Å²) < 4.78 is 0. The molecule has 0 unspecified atom stereocenters. The van der Waals surface area contributed by atoms with Crippen molar-refractivity contribution in [2.24, 2.45) is 5.92 Å². The van der Waals surface area contributed by atoms with E-state index in [1.807, 2.05) is 29.2 Å². The summed E-state index contributed by atoms with van der Waals surface area (Å²) in [5.41, 5.74) is 1.74. The Labute approximate surface area is 163 Å². The molecule has 4 nitrogen and oxygen atoms in total. The third kappa shape index (κ3) is 6.37. The van der Waals surface area contributed by atoms with E-state index < -0.39 is 0 Å². The number of amides is 2. The predicted octanol–water partition coefficient (Wildman–Crippen LogP) is 4.68. The van der Waals surface area contributed by atoms with Crippen molar-refractivity contribution in [1.82, 2.24) is 10.2 Å². The minimum Gasteiger partial charge on any atom is -0.352 e. The molecule has 0 radical (unpaired) electrons. The first kappa shape index (κ1) is 19.9. The number of piperidine rings is 1. The number of nitrogens with one attached hydrogen (secondary N) is 1. The molecule has 1 saturated carbocycles. The molecule has 148 valence electrons. The van der Waals surface area contributed by atoms with Gasteiger partial charge in [-0.05, 0) is 55.7 Å². The van der Waals surface area contributed by atoms with Crippen molar-refractivity contribution in [2.75, 3.05) is 13.1 Å². The van der Waals surface area contributed by atoms with Gasteiger partial charge in [-0.15, -0.1) is 0 Å². The normalized spacial score (nSPS) is 18.3. The standard InChI is InChI=1S/C23H34N2O2/c26-22(14-8-11-19-9-3-1-4-10-19)24-18-20-12-7-13-21(17-20)23(27)25-15-5-2-6-16-25/h7,12-13,17,19H,1-6,8-11,14-16,18H2,(H,24,26). The van der Waals surface area contributed by atoms with Crippen LogP contribution in [0.4, 0.5) is 0 Å². The minimum atomic E-state index is 0.121. The number of carbonyl (C=O) groups excluding carboxylic acids is 2. The summed E-state index contributed by atoms with van der Waals surface area (Å²) in [5, 5.41) is 3.02. The maximum atomic E-state index is 12.6. The second-order valence-electron chi connectivity index (χ2n) is 8.23. The first-order valence-electron chi connectivity index (χ1n) is 10.9. The zero-order chi connectivity index (χ0) is 18.9. The molecule has 0 bridgehead atoms. The van der Waals surface area contributed by atoms with Gasteiger partial charge in [-0.3, -0.25) is 9.59 Å². The molecular formula is C23H34N2O2. The fourth-order valence-corrected chi connectivity index (χ4v) is 4.41. The average Bonchev–Trinajstić information content (AvgIpc) is 2.73. The number of hydrogen-bond acceptors (Lipinski definition) is 2. The van der Waals surface area contributed by atoms with Crippen LogP contribution in [-0.2, 0) is 11.3 Å². The van der Waals surface area contributed by atoms with Crippen LogP contribution < -0.4 is 5.32 Å². The molecule has 1 aromatic rings. The van der Waals surface area contributed by atoms with Crippen molar-refractivity contribution in [3.05, 3.63) is 35.4 Å². The molecule has 2 amide bonds. The van der Waals surface area contributed by atoms with Crippen LogP contribution in [0.1, 0.15) is 86.6 Å². The van der Waals surface area contributed by atoms with E-state index in [2.05, 4.69) is 5.32 Å². The van der Waals surface area contributed by atoms with Crippen LogP contribution in [0.2, 0.25) is 0 Å². The highest BCUT2D eigenvalue weighted by Crippen LogP contribution is 2.27. The Morgan fingerprint density at radius 1 is 1.00 bits per heavy atom. The van der Waals surface area contributed by atoms with Crippen LogP contribution in [0, 0.1) is 5.92 Å². The predicted molar refractivity (Wildman–Crippen MR) is 108 cm³/mol. The zero-order valence-corrected chi connectivity index (χ0v) is 16.5. The lowest BCUT2D eigenvalue weighted by Crippen LogP contribution is -2.35. The summed E-state index contributed by atoms with van der Waals surface area (Å²) >= 11 is 0. The Hall–Kier alpha value is -1.84. The van der Waals surface area contributed by atoms with Gasteiger partial charge in [0.15, 0.2) is 0 Å². The molecule has 0 aromatic heterocycles. The molecule has 0 atom stereocenters. The number of nitrogens with zero attached hydrogens (tertiary/aromatic N) is 1. The molecular weight excluding hydrogens is 336 g/mol. The van der Waals surface area contributed by atoms with Crippen LogP contribution in [0.15, 0.2) is 24.3 Å². The molecule has 4 heteroatoms. The Balaban J connectivity index is 1.40. The molecule has 1 N–H and O–H groups in total. The van der Waals surface area contributed by atoms with Crippen molar-refractivity contribution >= 4 is 11.8 Å². The van der Waals surface area contributed by atoms with Crippen molar-refractivity contribution in [2.45, 2.75) is 77.2 Å². The first-order chi connectivity index (χ1) is 13.2. The van der Waals surface area contributed by atoms with E-state index in [-0.39, 0.29) is 11.8 Å². The highest BCUT2D eigenvalue weighted by atomic mass is 16.2. The van der Waals surface area contributed by atoms with Gasteiger partial charge in [-0.1, -0.05) is 44.2 Å². The van der Waals surface area contributed by atoms with Crippen LogP contribution in [-0.4, -0.2) is 29.8 Å². The second-order valence-corrected chi connectivity index (χ2v) is 8.23. The first-order valence-corrected chi connectivity index (χ1v) is 10.9. The third-order valence-electron chi connectivity index (χ3n) is 6.05. The molecule has 1 saturated heterocycles. The fraction of sp³-hybridized carbons (Fsp3) is 0.652. The smallest absolute Gasteiger partial charge is 0.253 e. The molecule has 0 spiro atoms. The lowest BCUT2D eigenvalue weighted by Gasteiger charge is -2.26. The van der Waals surface area contributed by atoms with Crippen LogP contribution >= 0.6 is 0 Å². The van der Waals surface area contributed by atoms with Crippen LogP contribution in [0.25, 0.3) is 0 Å². The summed E-state index contributed by atoms with van der Waals surface area (Å²) in [7, 11) is 0. The Morgan fingerprint density at radius 2 is 1.74 bits per heavy atom. The second kappa shape index (κ2) is 10.5. The largest absolute Gasteiger partial charge is 0.352 e. The van der Waals surface area contributed by atoms with Gasteiger partial charge in [0, 0.05) is 31.6 Å². The van der Waals surface area contributed by atoms with Crippen molar-refractivity contribution in [3.8, 4) is 0 Å². The van der Waals surface area contributed by atoms with Gasteiger partial charge in [0.1, 0.15) is 0 Å². The number of benzene rings is 1. The summed E-state index contributed by atoms with van der Waals surface area (Å²) in [4.78, 5) is 26.7. The fourth-order valence-electron chi connectivity index (χ4n) is 4.41. The molecule has 1 aromatic carbocycles. The molecule has 1 aliphatic heterocycles. The van der Waals surface area contributed by atoms with Gasteiger partial charge >= 0.3 is 0 Å². The summed E-state index contributed by atoms with van der Waals surface area (Å²) in [6.45, 7) is 2.23. The topological polar surface area (TPSA) is 49.4 Å². The molecule has 3 rings (SSSR count). The van der Waals surface area contributed by atoms with Gasteiger partial charge in [-0.2, -0.15) is 0 Å². The number of likely N-dealkylation sites (tertiary alicyclic amines) is 1. The quantitative estimate of drug-likeness (QED) is 0.757. The van der Waals surface area contributed by atoms with Crippen LogP contribution in [0.3, 0.4) is 0 Å². The van der Waals surface area contributed by atoms with Gasteiger partial charge in [0.2, 0.25) is 5.91 Å². The lowest BCUT2D eigenvalue weighted by atomic mass is 9.86. The highest BCUT2D eigenvalue weighted by molar-refractivity contribution is 5.94. The highest BCUT2D eigenvalue weighted by Gasteiger charge is 2.18. The van der Waals surface area contributed by atoms with Crippen LogP contribution in [0.5, 0.6) is 0 Å². The maximum absolute atomic E-state index is 12.6. The third-order valence-corrected chi connectivity index (χ3v) is 6.05. The Bertz CT molecular complexity index is 617. The van der Waals surface area contributed by atoms with Gasteiger partial charge in [0.25, 0.3) is 5.91 Å². The summed E-state index contributed by atoms with van der Waals surface area (Å²) in [6, 6.07) is 7.71. The molecule has 1 heterocycles. The van der Waals surface area contributed by atoms with E-state index in [0.717, 1.165) is 49.4 Å². The van der Waals surface area contributed by atoms with E-state index in [9.17, 15) is 9.59 Å². The Kier molecular flexibility index (Phi) is 7.73. The molecule has 2 fully saturated rings. The Morgan fingerprint density at radius 3 is 2.52 bits per heavy atom. The summed E-state index contributed by atoms with van der Waals surface area (Å²) in [5.74, 6) is 1.08. The number of rotatable bonds is 7.